The lowest BCUT2D eigenvalue weighted by Gasteiger charge is -2.30. The molecule has 1 atom stereocenters. The van der Waals surface area contributed by atoms with Gasteiger partial charge in [-0.05, 0) is 56.4 Å². The molecule has 0 saturated heterocycles. The number of halogens is 2. The van der Waals surface area contributed by atoms with Gasteiger partial charge in [0.05, 0.1) is 24.4 Å². The van der Waals surface area contributed by atoms with Crippen LogP contribution in [0.1, 0.15) is 36.6 Å². The van der Waals surface area contributed by atoms with Crippen molar-refractivity contribution in [3.63, 3.8) is 0 Å². The molecule has 0 spiro atoms. The summed E-state index contributed by atoms with van der Waals surface area (Å²) in [4.78, 5) is 25.3. The highest BCUT2D eigenvalue weighted by Gasteiger charge is 2.32. The summed E-state index contributed by atoms with van der Waals surface area (Å²) in [6, 6.07) is 18.0. The summed E-state index contributed by atoms with van der Waals surface area (Å²) in [5, 5.41) is 10.4. The van der Waals surface area contributed by atoms with Gasteiger partial charge in [-0.1, -0.05) is 52.3 Å². The number of carbonyl (C=O) groups excluding carboxylic acids is 2. The first-order valence-corrected chi connectivity index (χ1v) is 14.1. The van der Waals surface area contributed by atoms with Crippen LogP contribution in [0.4, 0.5) is 4.39 Å². The molecule has 0 saturated carbocycles. The third-order valence-corrected chi connectivity index (χ3v) is 6.77. The zero-order chi connectivity index (χ0) is 30.1. The Labute approximate surface area is 256 Å². The molecule has 1 aliphatic rings. The van der Waals surface area contributed by atoms with Crippen LogP contribution in [0.5, 0.6) is 11.5 Å². The lowest BCUT2D eigenvalue weighted by atomic mass is 9.95. The largest absolute Gasteiger partial charge is 0.488 e. The van der Waals surface area contributed by atoms with Crippen LogP contribution in [0.15, 0.2) is 87.6 Å². The number of amides is 1. The average molecular weight is 656 g/mol. The Morgan fingerprint density at radius 3 is 2.64 bits per heavy atom. The second kappa shape index (κ2) is 14.6. The number of hydrogen-bond donors (Lipinski definition) is 3. The van der Waals surface area contributed by atoms with Crippen molar-refractivity contribution in [3.8, 4) is 11.5 Å². The molecule has 3 aromatic rings. The van der Waals surface area contributed by atoms with E-state index in [9.17, 15) is 14.0 Å². The number of esters is 1. The molecule has 42 heavy (non-hydrogen) atoms. The van der Waals surface area contributed by atoms with E-state index in [1.54, 1.807) is 74.5 Å². The number of rotatable bonds is 11. The molecule has 1 heterocycles. The number of nitrogens with one attached hydrogen (secondary N) is 3. The SMILES string of the molecule is CCOC(=O)C1=C(C)NC(=S)N[C@H]1c1ccccc1OCC(=O)NN=Cc1cc(Br)ccc1OCc1ccccc1F. The summed E-state index contributed by atoms with van der Waals surface area (Å²) < 4.78 is 31.6. The van der Waals surface area contributed by atoms with Crippen molar-refractivity contribution in [2.45, 2.75) is 26.5 Å². The van der Waals surface area contributed by atoms with Crippen molar-refractivity contribution < 1.29 is 28.2 Å². The second-order valence-corrected chi connectivity index (χ2v) is 10.3. The summed E-state index contributed by atoms with van der Waals surface area (Å²) >= 11 is 8.72. The fraction of sp³-hybridized carbons (Fsp3) is 0.200. The van der Waals surface area contributed by atoms with Crippen molar-refractivity contribution in [2.24, 2.45) is 5.10 Å². The number of ether oxygens (including phenoxy) is 3. The van der Waals surface area contributed by atoms with Crippen molar-refractivity contribution in [1.82, 2.24) is 16.1 Å². The number of para-hydroxylation sites is 1. The maximum atomic E-state index is 14.0. The first-order valence-electron chi connectivity index (χ1n) is 12.9. The number of carbonyl (C=O) groups is 2. The molecular weight excluding hydrogens is 627 g/mol. The third kappa shape index (κ3) is 7.92. The van der Waals surface area contributed by atoms with E-state index in [0.29, 0.717) is 44.6 Å². The maximum Gasteiger partial charge on any atom is 0.338 e. The molecule has 1 aliphatic heterocycles. The van der Waals surface area contributed by atoms with E-state index in [1.165, 1.54) is 12.3 Å². The summed E-state index contributed by atoms with van der Waals surface area (Å²) in [7, 11) is 0. The van der Waals surface area contributed by atoms with Gasteiger partial charge in [0.25, 0.3) is 5.91 Å². The van der Waals surface area contributed by atoms with Gasteiger partial charge in [0.1, 0.15) is 23.9 Å². The van der Waals surface area contributed by atoms with E-state index < -0.39 is 17.9 Å². The predicted octanol–water partition coefficient (Wildman–Crippen LogP) is 5.05. The van der Waals surface area contributed by atoms with Gasteiger partial charge in [-0.15, -0.1) is 0 Å². The monoisotopic (exact) mass is 654 g/mol. The smallest absolute Gasteiger partial charge is 0.338 e. The molecule has 3 N–H and O–H groups in total. The van der Waals surface area contributed by atoms with Crippen LogP contribution >= 0.6 is 28.1 Å². The molecule has 9 nitrogen and oxygen atoms in total. The zero-order valence-electron chi connectivity index (χ0n) is 22.8. The molecule has 1 amide bonds. The minimum absolute atomic E-state index is 0.0258. The van der Waals surface area contributed by atoms with Crippen molar-refractivity contribution in [1.29, 1.82) is 0 Å². The van der Waals surface area contributed by atoms with E-state index in [-0.39, 0.29) is 25.6 Å². The quantitative estimate of drug-likeness (QED) is 0.114. The number of nitrogens with zero attached hydrogens (tertiary/aromatic N) is 1. The van der Waals surface area contributed by atoms with E-state index in [2.05, 4.69) is 37.1 Å². The standard InChI is InChI=1S/C30H28BrFN4O5S/c1-3-39-29(38)27-18(2)34-30(42)35-28(27)22-9-5-7-11-25(22)41-17-26(37)36-33-15-20-14-21(31)12-13-24(20)40-16-19-8-4-6-10-23(19)32/h4-15,28H,3,16-17H2,1-2H3,(H,36,37)(H2,34,35,42)/t28-/m0/s1. The molecule has 4 rings (SSSR count). The van der Waals surface area contributed by atoms with Crippen LogP contribution in [-0.4, -0.2) is 36.4 Å². The van der Waals surface area contributed by atoms with Crippen LogP contribution in [0.3, 0.4) is 0 Å². The number of allylic oxidation sites excluding steroid dienone is 1. The van der Waals surface area contributed by atoms with E-state index >= 15 is 0 Å². The van der Waals surface area contributed by atoms with Gasteiger partial charge < -0.3 is 24.8 Å². The van der Waals surface area contributed by atoms with Gasteiger partial charge in [-0.3, -0.25) is 4.79 Å². The lowest BCUT2D eigenvalue weighted by Crippen LogP contribution is -2.45. The molecule has 12 heteroatoms. The fourth-order valence-corrected chi connectivity index (χ4v) is 4.78. The Hall–Kier alpha value is -4.29. The highest BCUT2D eigenvalue weighted by atomic mass is 79.9. The van der Waals surface area contributed by atoms with Crippen LogP contribution in [0.25, 0.3) is 0 Å². The van der Waals surface area contributed by atoms with Crippen molar-refractivity contribution in [2.75, 3.05) is 13.2 Å². The molecule has 0 radical (unpaired) electrons. The molecule has 0 aromatic heterocycles. The second-order valence-electron chi connectivity index (χ2n) is 8.97. The normalized spacial score (nSPS) is 14.7. The molecular formula is C30H28BrFN4O5S. The Balaban J connectivity index is 1.42. The average Bonchev–Trinajstić information content (AvgIpc) is 2.96. The first-order chi connectivity index (χ1) is 20.3. The molecule has 3 aromatic carbocycles. The Morgan fingerprint density at radius 2 is 1.86 bits per heavy atom. The number of thiocarbonyl (C=S) groups is 1. The first kappa shape index (κ1) is 30.7. The lowest BCUT2D eigenvalue weighted by molar-refractivity contribution is -0.139. The van der Waals surface area contributed by atoms with E-state index in [1.807, 2.05) is 0 Å². The zero-order valence-corrected chi connectivity index (χ0v) is 25.2. The van der Waals surface area contributed by atoms with Crippen molar-refractivity contribution in [3.05, 3.63) is 105 Å². The number of hydrogen-bond acceptors (Lipinski definition) is 7. The Bertz CT molecular complexity index is 1550. The predicted molar refractivity (Wildman–Crippen MR) is 163 cm³/mol. The van der Waals surface area contributed by atoms with E-state index in [4.69, 9.17) is 26.4 Å². The van der Waals surface area contributed by atoms with Crippen LogP contribution < -0.4 is 25.5 Å². The fourth-order valence-electron chi connectivity index (χ4n) is 4.13. The van der Waals surface area contributed by atoms with Gasteiger partial charge >= 0.3 is 5.97 Å². The van der Waals surface area contributed by atoms with Gasteiger partial charge in [0.2, 0.25) is 0 Å². The molecule has 0 fully saturated rings. The molecule has 218 valence electrons. The van der Waals surface area contributed by atoms with Gasteiger partial charge in [-0.2, -0.15) is 5.10 Å². The minimum Gasteiger partial charge on any atom is -0.488 e. The summed E-state index contributed by atoms with van der Waals surface area (Å²) in [6.45, 7) is 3.35. The summed E-state index contributed by atoms with van der Waals surface area (Å²) in [5.74, 6) is -0.534. The van der Waals surface area contributed by atoms with Gasteiger partial charge in [-0.25, -0.2) is 14.6 Å². The Morgan fingerprint density at radius 1 is 1.10 bits per heavy atom. The van der Waals surface area contributed by atoms with Crippen LogP contribution in [0, 0.1) is 5.82 Å². The minimum atomic E-state index is -0.644. The maximum absolute atomic E-state index is 14.0. The molecule has 0 aliphatic carbocycles. The number of benzene rings is 3. The molecule has 0 unspecified atom stereocenters. The highest BCUT2D eigenvalue weighted by molar-refractivity contribution is 9.10. The molecule has 0 bridgehead atoms. The summed E-state index contributed by atoms with van der Waals surface area (Å²) in [6.07, 6.45) is 1.42. The van der Waals surface area contributed by atoms with E-state index in [0.717, 1.165) is 4.47 Å². The highest BCUT2D eigenvalue weighted by Crippen LogP contribution is 2.33. The number of hydrazone groups is 1. The van der Waals surface area contributed by atoms with Crippen LogP contribution in [0.2, 0.25) is 0 Å². The Kier molecular flexibility index (Phi) is 10.6. The van der Waals surface area contributed by atoms with Gasteiger partial charge in [0, 0.05) is 26.9 Å². The topological polar surface area (TPSA) is 110 Å². The van der Waals surface area contributed by atoms with Crippen molar-refractivity contribution >= 4 is 51.4 Å². The summed E-state index contributed by atoms with van der Waals surface area (Å²) in [5.41, 5.74) is 4.93. The third-order valence-electron chi connectivity index (χ3n) is 6.06. The van der Waals surface area contributed by atoms with Crippen LogP contribution in [-0.2, 0) is 20.9 Å². The van der Waals surface area contributed by atoms with Gasteiger partial charge in [0.15, 0.2) is 11.7 Å².